The molecule has 4 nitrogen and oxygen atoms in total. The number of rotatable bonds is 6. The Labute approximate surface area is 127 Å². The molecule has 0 saturated carbocycles. The van der Waals surface area contributed by atoms with Crippen molar-refractivity contribution in [3.63, 3.8) is 0 Å². The van der Waals surface area contributed by atoms with Crippen LogP contribution in [0.1, 0.15) is 51.2 Å². The number of ether oxygens (including phenoxy) is 1. The maximum atomic E-state index is 10.3. The number of anilines is 1. The van der Waals surface area contributed by atoms with Crippen LogP contribution in [0.25, 0.3) is 0 Å². The van der Waals surface area contributed by atoms with Gasteiger partial charge in [-0.15, -0.1) is 0 Å². The molecule has 21 heavy (non-hydrogen) atoms. The first kappa shape index (κ1) is 16.1. The summed E-state index contributed by atoms with van der Waals surface area (Å²) < 4.78 is 5.62. The summed E-state index contributed by atoms with van der Waals surface area (Å²) in [4.78, 5) is 2.44. The van der Waals surface area contributed by atoms with Crippen molar-refractivity contribution in [1.29, 1.82) is 0 Å². The van der Waals surface area contributed by atoms with Crippen molar-refractivity contribution < 1.29 is 9.84 Å². The maximum absolute atomic E-state index is 10.3. The van der Waals surface area contributed by atoms with Gasteiger partial charge in [-0.2, -0.15) is 0 Å². The van der Waals surface area contributed by atoms with Gasteiger partial charge in [0.1, 0.15) is 5.75 Å². The van der Waals surface area contributed by atoms with Crippen LogP contribution in [-0.4, -0.2) is 35.7 Å². The van der Waals surface area contributed by atoms with Gasteiger partial charge in [-0.25, -0.2) is 0 Å². The second-order valence-electron chi connectivity index (χ2n) is 6.17. The zero-order valence-corrected chi connectivity index (χ0v) is 13.2. The molecule has 1 atom stereocenters. The molecule has 1 aliphatic heterocycles. The minimum atomic E-state index is -0.456. The zero-order valence-electron chi connectivity index (χ0n) is 13.2. The largest absolute Gasteiger partial charge is 0.489 e. The molecule has 3 N–H and O–H groups in total. The predicted octanol–water partition coefficient (Wildman–Crippen LogP) is 2.97. The number of nitrogens with zero attached hydrogens (tertiary/aromatic N) is 1. The summed E-state index contributed by atoms with van der Waals surface area (Å²) >= 11 is 0. The first-order valence-corrected chi connectivity index (χ1v) is 8.03. The molecule has 4 heteroatoms. The van der Waals surface area contributed by atoms with E-state index in [1.165, 1.54) is 19.3 Å². The third-order valence-electron chi connectivity index (χ3n) is 3.95. The van der Waals surface area contributed by atoms with E-state index in [4.69, 9.17) is 10.5 Å². The van der Waals surface area contributed by atoms with Crippen molar-refractivity contribution in [2.24, 2.45) is 0 Å². The highest BCUT2D eigenvalue weighted by Gasteiger charge is 2.14. The topological polar surface area (TPSA) is 58.7 Å². The quantitative estimate of drug-likeness (QED) is 0.791. The van der Waals surface area contributed by atoms with E-state index in [9.17, 15) is 5.11 Å². The van der Waals surface area contributed by atoms with E-state index in [-0.39, 0.29) is 6.10 Å². The van der Waals surface area contributed by atoms with E-state index >= 15 is 0 Å². The number of nitrogens with two attached hydrogens (primary N) is 1. The minimum absolute atomic E-state index is 0.0992. The van der Waals surface area contributed by atoms with Crippen molar-refractivity contribution in [2.75, 3.05) is 25.4 Å². The Kier molecular flexibility index (Phi) is 5.88. The van der Waals surface area contributed by atoms with Crippen LogP contribution >= 0.6 is 0 Å². The van der Waals surface area contributed by atoms with Gasteiger partial charge in [-0.3, -0.25) is 0 Å². The number of benzene rings is 1. The molecule has 0 spiro atoms. The molecule has 1 aliphatic rings. The van der Waals surface area contributed by atoms with Crippen LogP contribution in [0.2, 0.25) is 0 Å². The van der Waals surface area contributed by atoms with Crippen LogP contribution < -0.4 is 10.5 Å². The maximum Gasteiger partial charge on any atom is 0.142 e. The molecule has 1 fully saturated rings. The van der Waals surface area contributed by atoms with Crippen molar-refractivity contribution in [3.8, 4) is 5.75 Å². The van der Waals surface area contributed by atoms with Gasteiger partial charge in [0, 0.05) is 6.54 Å². The second-order valence-corrected chi connectivity index (χ2v) is 6.17. The van der Waals surface area contributed by atoms with Gasteiger partial charge in [-0.05, 0) is 63.9 Å². The molecule has 0 radical (unpaired) electrons. The number of likely N-dealkylation sites (tertiary alicyclic amines) is 1. The van der Waals surface area contributed by atoms with Crippen molar-refractivity contribution in [2.45, 2.75) is 51.7 Å². The standard InChI is InChI=1S/C17H28N2O2/c1-13(2)21-17-7-6-14(12-15(17)18)16(20)8-11-19-9-4-3-5-10-19/h6-7,12-13,16,20H,3-5,8-11,18H2,1-2H3. The Balaban J connectivity index is 1.89. The lowest BCUT2D eigenvalue weighted by Gasteiger charge is -2.27. The zero-order chi connectivity index (χ0) is 15.2. The highest BCUT2D eigenvalue weighted by Crippen LogP contribution is 2.28. The summed E-state index contributed by atoms with van der Waals surface area (Å²) in [5.74, 6) is 0.692. The Bertz CT molecular complexity index is 442. The number of aliphatic hydroxyl groups is 1. The highest BCUT2D eigenvalue weighted by atomic mass is 16.5. The van der Waals surface area contributed by atoms with Gasteiger partial charge in [0.2, 0.25) is 0 Å². The molecule has 1 heterocycles. The lowest BCUT2D eigenvalue weighted by Crippen LogP contribution is -2.31. The summed E-state index contributed by atoms with van der Waals surface area (Å²) in [7, 11) is 0. The molecule has 0 aromatic heterocycles. The van der Waals surface area contributed by atoms with Gasteiger partial charge in [-0.1, -0.05) is 12.5 Å². The smallest absolute Gasteiger partial charge is 0.142 e. The number of hydrogen-bond acceptors (Lipinski definition) is 4. The fourth-order valence-electron chi connectivity index (χ4n) is 2.79. The highest BCUT2D eigenvalue weighted by molar-refractivity contribution is 5.54. The minimum Gasteiger partial charge on any atom is -0.489 e. The Morgan fingerprint density at radius 2 is 1.95 bits per heavy atom. The van der Waals surface area contributed by atoms with Crippen molar-refractivity contribution in [3.05, 3.63) is 23.8 Å². The van der Waals surface area contributed by atoms with Crippen LogP contribution in [0.5, 0.6) is 5.75 Å². The van der Waals surface area contributed by atoms with Crippen LogP contribution in [-0.2, 0) is 0 Å². The monoisotopic (exact) mass is 292 g/mol. The third-order valence-corrected chi connectivity index (χ3v) is 3.95. The lowest BCUT2D eigenvalue weighted by atomic mass is 10.0. The van der Waals surface area contributed by atoms with Gasteiger partial charge in [0.25, 0.3) is 0 Å². The van der Waals surface area contributed by atoms with Crippen LogP contribution in [0.3, 0.4) is 0 Å². The average Bonchev–Trinajstić information content (AvgIpc) is 2.47. The molecule has 0 aliphatic carbocycles. The fraction of sp³-hybridized carbons (Fsp3) is 0.647. The van der Waals surface area contributed by atoms with Gasteiger partial charge >= 0.3 is 0 Å². The van der Waals surface area contributed by atoms with Crippen molar-refractivity contribution >= 4 is 5.69 Å². The molecule has 0 bridgehead atoms. The average molecular weight is 292 g/mol. The normalized spacial score (nSPS) is 17.9. The molecular weight excluding hydrogens is 264 g/mol. The molecule has 1 aromatic rings. The fourth-order valence-corrected chi connectivity index (χ4v) is 2.79. The number of piperidine rings is 1. The molecule has 0 amide bonds. The summed E-state index contributed by atoms with van der Waals surface area (Å²) in [6, 6.07) is 5.60. The third kappa shape index (κ3) is 4.90. The molecule has 1 unspecified atom stereocenters. The second kappa shape index (κ2) is 7.66. The number of hydrogen-bond donors (Lipinski definition) is 2. The Morgan fingerprint density at radius 1 is 1.24 bits per heavy atom. The number of aliphatic hydroxyl groups excluding tert-OH is 1. The molecule has 2 rings (SSSR count). The first-order chi connectivity index (χ1) is 10.1. The summed E-state index contributed by atoms with van der Waals surface area (Å²) in [6.07, 6.45) is 4.30. The van der Waals surface area contributed by atoms with E-state index < -0.39 is 6.10 Å². The summed E-state index contributed by atoms with van der Waals surface area (Å²) in [6.45, 7) is 7.22. The Hall–Kier alpha value is -1.26. The van der Waals surface area contributed by atoms with E-state index in [0.717, 1.165) is 31.6 Å². The predicted molar refractivity (Wildman–Crippen MR) is 86.5 cm³/mol. The summed E-state index contributed by atoms with van der Waals surface area (Å²) in [5, 5.41) is 10.3. The summed E-state index contributed by atoms with van der Waals surface area (Å²) in [5.41, 5.74) is 7.47. The lowest BCUT2D eigenvalue weighted by molar-refractivity contribution is 0.134. The number of nitrogen functional groups attached to an aromatic ring is 1. The Morgan fingerprint density at radius 3 is 2.57 bits per heavy atom. The van der Waals surface area contributed by atoms with E-state index in [1.807, 2.05) is 32.0 Å². The van der Waals surface area contributed by atoms with Crippen LogP contribution in [0.15, 0.2) is 18.2 Å². The van der Waals surface area contributed by atoms with Crippen LogP contribution in [0, 0.1) is 0 Å². The molecular formula is C17H28N2O2. The van der Waals surface area contributed by atoms with Gasteiger partial charge in [0.05, 0.1) is 17.9 Å². The van der Waals surface area contributed by atoms with Gasteiger partial charge in [0.15, 0.2) is 0 Å². The molecule has 1 aromatic carbocycles. The van der Waals surface area contributed by atoms with E-state index in [1.54, 1.807) is 0 Å². The SMILES string of the molecule is CC(C)Oc1ccc(C(O)CCN2CCCCC2)cc1N. The molecule has 118 valence electrons. The van der Waals surface area contributed by atoms with Crippen molar-refractivity contribution in [1.82, 2.24) is 4.90 Å². The van der Waals surface area contributed by atoms with Gasteiger partial charge < -0.3 is 20.5 Å². The van der Waals surface area contributed by atoms with E-state index in [0.29, 0.717) is 11.4 Å². The van der Waals surface area contributed by atoms with E-state index in [2.05, 4.69) is 4.90 Å². The van der Waals surface area contributed by atoms with Crippen LogP contribution in [0.4, 0.5) is 5.69 Å². The molecule has 1 saturated heterocycles. The first-order valence-electron chi connectivity index (χ1n) is 8.03.